The SMILES string of the molecule is CC(C)CCCC(C)C1CCC2C3CC=C4CC(OC(=O)NCCn5nccn5)CCC4(C)C3CCC12C. The molecule has 4 aliphatic rings. The van der Waals surface area contributed by atoms with Crippen LogP contribution in [-0.2, 0) is 11.3 Å². The summed E-state index contributed by atoms with van der Waals surface area (Å²) in [7, 11) is 0. The zero-order valence-corrected chi connectivity index (χ0v) is 24.6. The Labute approximate surface area is 230 Å². The third-order valence-corrected chi connectivity index (χ3v) is 11.6. The molecule has 0 saturated heterocycles. The van der Waals surface area contributed by atoms with E-state index in [9.17, 15) is 4.79 Å². The van der Waals surface area contributed by atoms with Gasteiger partial charge in [-0.25, -0.2) is 4.79 Å². The van der Waals surface area contributed by atoms with E-state index in [1.165, 1.54) is 51.4 Å². The van der Waals surface area contributed by atoms with Crippen LogP contribution in [0.3, 0.4) is 0 Å². The third-order valence-electron chi connectivity index (χ3n) is 11.6. The van der Waals surface area contributed by atoms with E-state index in [2.05, 4.69) is 56.2 Å². The Balaban J connectivity index is 1.17. The van der Waals surface area contributed by atoms with E-state index in [0.29, 0.717) is 18.5 Å². The number of fused-ring (bicyclic) bond motifs is 5. The summed E-state index contributed by atoms with van der Waals surface area (Å²) in [5, 5.41) is 11.0. The molecule has 0 aliphatic heterocycles. The standard InChI is InChI=1S/C32H52N4O2/c1-22(2)7-6-8-23(3)27-11-12-28-26-10-9-24-21-25(38-30(37)33-19-20-36-34-17-18-35-36)13-15-31(24,4)29(26)14-16-32(27,28)5/h9,17-18,22-23,25-29H,6-8,10-16,19-21H2,1-5H3,(H,33,37). The summed E-state index contributed by atoms with van der Waals surface area (Å²) < 4.78 is 5.87. The third kappa shape index (κ3) is 5.43. The van der Waals surface area contributed by atoms with Crippen molar-refractivity contribution in [2.24, 2.45) is 46.3 Å². The number of nitrogens with zero attached hydrogens (tertiary/aromatic N) is 3. The molecule has 3 fully saturated rings. The molecular formula is C32H52N4O2. The van der Waals surface area contributed by atoms with Crippen molar-refractivity contribution in [1.29, 1.82) is 0 Å². The Kier molecular flexibility index (Phi) is 8.26. The van der Waals surface area contributed by atoms with E-state index in [1.807, 2.05) is 0 Å². The lowest BCUT2D eigenvalue weighted by atomic mass is 9.47. The zero-order valence-electron chi connectivity index (χ0n) is 24.6. The van der Waals surface area contributed by atoms with Crippen molar-refractivity contribution in [3.05, 3.63) is 24.0 Å². The van der Waals surface area contributed by atoms with Gasteiger partial charge in [0.05, 0.1) is 18.9 Å². The van der Waals surface area contributed by atoms with Gasteiger partial charge in [0.25, 0.3) is 0 Å². The Morgan fingerprint density at radius 3 is 2.63 bits per heavy atom. The number of nitrogens with one attached hydrogen (secondary N) is 1. The van der Waals surface area contributed by atoms with Crippen molar-refractivity contribution in [1.82, 2.24) is 20.3 Å². The van der Waals surface area contributed by atoms with E-state index in [4.69, 9.17) is 4.74 Å². The fourth-order valence-corrected chi connectivity index (χ4v) is 9.56. The van der Waals surface area contributed by atoms with E-state index >= 15 is 0 Å². The fraction of sp³-hybridized carbons (Fsp3) is 0.844. The number of aromatic nitrogens is 3. The van der Waals surface area contributed by atoms with Crippen LogP contribution >= 0.6 is 0 Å². The van der Waals surface area contributed by atoms with Gasteiger partial charge in [0.2, 0.25) is 0 Å². The Bertz CT molecular complexity index is 974. The lowest BCUT2D eigenvalue weighted by Crippen LogP contribution is -2.51. The van der Waals surface area contributed by atoms with Crippen LogP contribution in [-0.4, -0.2) is 33.7 Å². The quantitative estimate of drug-likeness (QED) is 0.341. The number of ether oxygens (including phenoxy) is 1. The van der Waals surface area contributed by atoms with Crippen LogP contribution in [0.15, 0.2) is 24.0 Å². The molecule has 212 valence electrons. The van der Waals surface area contributed by atoms with Crippen LogP contribution in [0, 0.1) is 46.3 Å². The van der Waals surface area contributed by atoms with Gasteiger partial charge in [-0.3, -0.25) is 0 Å². The van der Waals surface area contributed by atoms with Crippen molar-refractivity contribution in [2.45, 2.75) is 118 Å². The highest BCUT2D eigenvalue weighted by molar-refractivity contribution is 5.67. The number of allylic oxidation sites excluding steroid dienone is 1. The van der Waals surface area contributed by atoms with E-state index in [1.54, 1.807) is 22.8 Å². The number of carbonyl (C=O) groups excluding carboxylic acids is 1. The van der Waals surface area contributed by atoms with Crippen molar-refractivity contribution in [3.8, 4) is 0 Å². The highest BCUT2D eigenvalue weighted by Crippen LogP contribution is 2.67. The van der Waals surface area contributed by atoms with Gasteiger partial charge in [-0.2, -0.15) is 15.0 Å². The summed E-state index contributed by atoms with van der Waals surface area (Å²) in [6.07, 6.45) is 19.7. The molecule has 1 N–H and O–H groups in total. The van der Waals surface area contributed by atoms with Gasteiger partial charge in [0.15, 0.2) is 0 Å². The van der Waals surface area contributed by atoms with E-state index in [-0.39, 0.29) is 17.6 Å². The van der Waals surface area contributed by atoms with Crippen LogP contribution in [0.2, 0.25) is 0 Å². The van der Waals surface area contributed by atoms with Crippen LogP contribution < -0.4 is 5.32 Å². The first-order valence-electron chi connectivity index (χ1n) is 15.7. The topological polar surface area (TPSA) is 69.0 Å². The maximum Gasteiger partial charge on any atom is 0.407 e. The number of amides is 1. The minimum Gasteiger partial charge on any atom is -0.446 e. The molecule has 38 heavy (non-hydrogen) atoms. The average Bonchev–Trinajstić information content (AvgIpc) is 3.51. The number of carbonyl (C=O) groups is 1. The van der Waals surface area contributed by atoms with Crippen molar-refractivity contribution in [2.75, 3.05) is 6.54 Å². The lowest BCUT2D eigenvalue weighted by Gasteiger charge is -2.58. The predicted octanol–water partition coefficient (Wildman–Crippen LogP) is 7.41. The molecule has 6 heteroatoms. The molecule has 0 radical (unpaired) electrons. The largest absolute Gasteiger partial charge is 0.446 e. The fourth-order valence-electron chi connectivity index (χ4n) is 9.56. The van der Waals surface area contributed by atoms with Crippen LogP contribution in [0.5, 0.6) is 0 Å². The van der Waals surface area contributed by atoms with Gasteiger partial charge >= 0.3 is 6.09 Å². The summed E-state index contributed by atoms with van der Waals surface area (Å²) in [4.78, 5) is 14.0. The molecule has 1 amide bonds. The molecule has 1 heterocycles. The summed E-state index contributed by atoms with van der Waals surface area (Å²) >= 11 is 0. The molecule has 8 unspecified atom stereocenters. The number of hydrogen-bond acceptors (Lipinski definition) is 4. The van der Waals surface area contributed by atoms with Gasteiger partial charge in [0, 0.05) is 13.0 Å². The van der Waals surface area contributed by atoms with Crippen molar-refractivity contribution < 1.29 is 9.53 Å². The second-order valence-corrected chi connectivity index (χ2v) is 14.1. The Morgan fingerprint density at radius 1 is 1.08 bits per heavy atom. The van der Waals surface area contributed by atoms with Gasteiger partial charge in [0.1, 0.15) is 6.10 Å². The summed E-state index contributed by atoms with van der Waals surface area (Å²) in [5.41, 5.74) is 2.39. The van der Waals surface area contributed by atoms with Crippen molar-refractivity contribution in [3.63, 3.8) is 0 Å². The normalized spacial score (nSPS) is 37.1. The maximum atomic E-state index is 12.4. The van der Waals surface area contributed by atoms with Crippen LogP contribution in [0.4, 0.5) is 4.79 Å². The first-order chi connectivity index (χ1) is 18.2. The average molecular weight is 525 g/mol. The Hall–Kier alpha value is -1.85. The van der Waals surface area contributed by atoms with E-state index in [0.717, 1.165) is 54.8 Å². The van der Waals surface area contributed by atoms with Gasteiger partial charge in [-0.15, -0.1) is 0 Å². The van der Waals surface area contributed by atoms with Gasteiger partial charge in [-0.1, -0.05) is 65.5 Å². The van der Waals surface area contributed by atoms with Crippen molar-refractivity contribution >= 4 is 6.09 Å². The first kappa shape index (κ1) is 27.7. The molecule has 0 bridgehead atoms. The maximum absolute atomic E-state index is 12.4. The smallest absolute Gasteiger partial charge is 0.407 e. The van der Waals surface area contributed by atoms with E-state index < -0.39 is 0 Å². The zero-order chi connectivity index (χ0) is 26.9. The molecule has 5 rings (SSSR count). The highest BCUT2D eigenvalue weighted by atomic mass is 16.6. The second-order valence-electron chi connectivity index (χ2n) is 14.1. The first-order valence-corrected chi connectivity index (χ1v) is 15.7. The molecule has 0 spiro atoms. The molecule has 6 nitrogen and oxygen atoms in total. The Morgan fingerprint density at radius 2 is 1.87 bits per heavy atom. The molecule has 3 saturated carbocycles. The van der Waals surface area contributed by atoms with Crippen LogP contribution in [0.1, 0.15) is 105 Å². The molecule has 1 aromatic heterocycles. The second kappa shape index (κ2) is 11.3. The highest BCUT2D eigenvalue weighted by Gasteiger charge is 2.59. The lowest BCUT2D eigenvalue weighted by molar-refractivity contribution is -0.0581. The minimum absolute atomic E-state index is 0.00916. The number of alkyl carbamates (subject to hydrolysis) is 1. The summed E-state index contributed by atoms with van der Waals surface area (Å²) in [6, 6.07) is 0. The molecule has 8 atom stereocenters. The number of hydrogen-bond donors (Lipinski definition) is 1. The predicted molar refractivity (Wildman–Crippen MR) is 151 cm³/mol. The summed E-state index contributed by atoms with van der Waals surface area (Å²) in [6.45, 7) is 13.5. The monoisotopic (exact) mass is 524 g/mol. The van der Waals surface area contributed by atoms with Gasteiger partial charge in [-0.05, 0) is 91.3 Å². The van der Waals surface area contributed by atoms with Crippen LogP contribution in [0.25, 0.3) is 0 Å². The molecular weight excluding hydrogens is 472 g/mol. The molecule has 0 aromatic carbocycles. The molecule has 1 aromatic rings. The number of rotatable bonds is 9. The molecule has 4 aliphatic carbocycles. The summed E-state index contributed by atoms with van der Waals surface area (Å²) in [5.74, 6) is 5.12. The van der Waals surface area contributed by atoms with Gasteiger partial charge < -0.3 is 10.1 Å². The minimum atomic E-state index is -0.312.